The van der Waals surface area contributed by atoms with Crippen LogP contribution in [0.15, 0.2) is 63.7 Å². The van der Waals surface area contributed by atoms with Crippen LogP contribution in [-0.4, -0.2) is 22.5 Å². The zero-order chi connectivity index (χ0) is 18.8. The number of amides is 2. The van der Waals surface area contributed by atoms with Gasteiger partial charge in [-0.2, -0.15) is 16.4 Å². The van der Waals surface area contributed by atoms with Crippen LogP contribution < -0.4 is 5.32 Å². The Morgan fingerprint density at radius 1 is 1.15 bits per heavy atom. The van der Waals surface area contributed by atoms with Crippen LogP contribution in [-0.2, 0) is 4.79 Å². The molecule has 0 saturated heterocycles. The zero-order valence-electron chi connectivity index (χ0n) is 14.6. The van der Waals surface area contributed by atoms with Crippen molar-refractivity contribution >= 4 is 45.9 Å². The number of thiophene rings is 2. The van der Waals surface area contributed by atoms with Crippen LogP contribution >= 0.6 is 22.7 Å². The normalized spacial score (nSPS) is 16.3. The molecule has 3 aromatic rings. The van der Waals surface area contributed by atoms with Gasteiger partial charge in [0.25, 0.3) is 5.91 Å². The van der Waals surface area contributed by atoms with Crippen molar-refractivity contribution in [2.24, 2.45) is 5.10 Å². The van der Waals surface area contributed by atoms with E-state index in [9.17, 15) is 9.59 Å². The molecule has 27 heavy (non-hydrogen) atoms. The number of para-hydroxylation sites is 1. The van der Waals surface area contributed by atoms with Gasteiger partial charge in [-0.05, 0) is 29.0 Å². The number of anilines is 1. The van der Waals surface area contributed by atoms with E-state index in [1.54, 1.807) is 16.3 Å². The van der Waals surface area contributed by atoms with Crippen LogP contribution in [0.4, 0.5) is 5.69 Å². The summed E-state index contributed by atoms with van der Waals surface area (Å²) in [4.78, 5) is 25.7. The Kier molecular flexibility index (Phi) is 4.87. The maximum atomic E-state index is 13.0. The summed E-state index contributed by atoms with van der Waals surface area (Å²) < 4.78 is 0. The Balaban J connectivity index is 1.73. The summed E-state index contributed by atoms with van der Waals surface area (Å²) in [6.07, 6.45) is 0.604. The van der Waals surface area contributed by atoms with E-state index >= 15 is 0 Å². The molecule has 1 aliphatic rings. The molecule has 5 nitrogen and oxygen atoms in total. The lowest BCUT2D eigenvalue weighted by molar-refractivity contribution is -0.114. The molecule has 2 aromatic heterocycles. The average molecular weight is 396 g/mol. The number of nitrogens with zero attached hydrogens (tertiary/aromatic N) is 2. The molecular formula is C20H17N3O2S2. The summed E-state index contributed by atoms with van der Waals surface area (Å²) >= 11 is 3.11. The second-order valence-corrected chi connectivity index (χ2v) is 7.93. The Morgan fingerprint density at radius 3 is 2.70 bits per heavy atom. The summed E-state index contributed by atoms with van der Waals surface area (Å²) in [6, 6.07) is 13.2. The molecule has 7 heteroatoms. The largest absolute Gasteiger partial charge is 0.326 e. The molecule has 0 bridgehead atoms. The number of benzene rings is 1. The Labute approximate surface area is 165 Å². The van der Waals surface area contributed by atoms with E-state index in [0.29, 0.717) is 17.7 Å². The molecule has 1 aromatic carbocycles. The van der Waals surface area contributed by atoms with Crippen LogP contribution in [0.3, 0.4) is 0 Å². The summed E-state index contributed by atoms with van der Waals surface area (Å²) in [7, 11) is 0. The number of carbonyl (C=O) groups is 2. The van der Waals surface area contributed by atoms with Crippen LogP contribution in [0, 0.1) is 0 Å². The van der Waals surface area contributed by atoms with Gasteiger partial charge in [0.05, 0.1) is 17.3 Å². The predicted octanol–water partition coefficient (Wildman–Crippen LogP) is 4.76. The van der Waals surface area contributed by atoms with Gasteiger partial charge in [-0.25, -0.2) is 5.01 Å². The van der Waals surface area contributed by atoms with Crippen LogP contribution in [0.2, 0.25) is 0 Å². The fraction of sp³-hybridized carbons (Fsp3) is 0.150. The minimum atomic E-state index is -0.141. The Hall–Kier alpha value is -2.77. The smallest absolute Gasteiger partial charge is 0.275 e. The van der Waals surface area contributed by atoms with Crippen molar-refractivity contribution in [3.05, 3.63) is 74.6 Å². The maximum absolute atomic E-state index is 13.0. The lowest BCUT2D eigenvalue weighted by atomic mass is 10.0. The third kappa shape index (κ3) is 3.56. The first-order valence-corrected chi connectivity index (χ1v) is 10.3. The van der Waals surface area contributed by atoms with Gasteiger partial charge in [0.2, 0.25) is 5.91 Å². The van der Waals surface area contributed by atoms with E-state index in [0.717, 1.165) is 16.2 Å². The number of rotatable bonds is 4. The van der Waals surface area contributed by atoms with Gasteiger partial charge in [-0.3, -0.25) is 9.59 Å². The molecule has 1 aliphatic heterocycles. The minimum Gasteiger partial charge on any atom is -0.326 e. The molecule has 0 spiro atoms. The molecule has 0 radical (unpaired) electrons. The second kappa shape index (κ2) is 7.46. The highest BCUT2D eigenvalue weighted by Crippen LogP contribution is 2.37. The fourth-order valence-corrected chi connectivity index (χ4v) is 4.56. The van der Waals surface area contributed by atoms with E-state index in [2.05, 4.69) is 10.4 Å². The fourth-order valence-electron chi connectivity index (χ4n) is 3.11. The number of nitrogens with one attached hydrogen (secondary N) is 1. The lowest BCUT2D eigenvalue weighted by Gasteiger charge is -2.20. The van der Waals surface area contributed by atoms with E-state index < -0.39 is 0 Å². The molecule has 136 valence electrons. The molecule has 3 heterocycles. The van der Waals surface area contributed by atoms with Crippen molar-refractivity contribution < 1.29 is 9.59 Å². The van der Waals surface area contributed by atoms with Crippen molar-refractivity contribution in [2.45, 2.75) is 19.4 Å². The van der Waals surface area contributed by atoms with Crippen LogP contribution in [0.1, 0.15) is 40.2 Å². The Morgan fingerprint density at radius 2 is 2.00 bits per heavy atom. The first-order chi connectivity index (χ1) is 13.1. The van der Waals surface area contributed by atoms with E-state index in [1.165, 1.54) is 18.3 Å². The zero-order valence-corrected chi connectivity index (χ0v) is 16.2. The standard InChI is InChI=1S/C20H17N3O2S2/c1-13(24)21-16-6-3-2-5-15(16)17-11-18(19-7-4-9-27-19)23(22-17)20(25)14-8-10-26-12-14/h2-10,12,18H,11H2,1H3,(H,21,24)/t18-/m1/s1. The maximum Gasteiger partial charge on any atom is 0.275 e. The number of hydrogen-bond acceptors (Lipinski definition) is 5. The number of hydrazone groups is 1. The van der Waals surface area contributed by atoms with Gasteiger partial charge in [0, 0.05) is 34.9 Å². The summed E-state index contributed by atoms with van der Waals surface area (Å²) in [5.41, 5.74) is 2.98. The van der Waals surface area contributed by atoms with Gasteiger partial charge >= 0.3 is 0 Å². The van der Waals surface area contributed by atoms with Crippen LogP contribution in [0.25, 0.3) is 0 Å². The molecule has 0 aliphatic carbocycles. The highest BCUT2D eigenvalue weighted by molar-refractivity contribution is 7.10. The van der Waals surface area contributed by atoms with Gasteiger partial charge in [-0.15, -0.1) is 11.3 Å². The van der Waals surface area contributed by atoms with Crippen molar-refractivity contribution in [2.75, 3.05) is 5.32 Å². The predicted molar refractivity (Wildman–Crippen MR) is 109 cm³/mol. The molecule has 0 fully saturated rings. The second-order valence-electron chi connectivity index (χ2n) is 6.17. The minimum absolute atomic E-state index is 0.110. The first kappa shape index (κ1) is 17.6. The summed E-state index contributed by atoms with van der Waals surface area (Å²) in [5.74, 6) is -0.247. The van der Waals surface area contributed by atoms with Gasteiger partial charge in [0.1, 0.15) is 0 Å². The van der Waals surface area contributed by atoms with Crippen molar-refractivity contribution in [3.8, 4) is 0 Å². The third-order valence-corrected chi connectivity index (χ3v) is 5.96. The van der Waals surface area contributed by atoms with Gasteiger partial charge in [0.15, 0.2) is 0 Å². The topological polar surface area (TPSA) is 61.8 Å². The third-order valence-electron chi connectivity index (χ3n) is 4.31. The monoisotopic (exact) mass is 395 g/mol. The van der Waals surface area contributed by atoms with Crippen LogP contribution in [0.5, 0.6) is 0 Å². The van der Waals surface area contributed by atoms with E-state index in [4.69, 9.17) is 0 Å². The summed E-state index contributed by atoms with van der Waals surface area (Å²) in [5, 5.41) is 14.8. The number of hydrogen-bond donors (Lipinski definition) is 1. The summed E-state index contributed by atoms with van der Waals surface area (Å²) in [6.45, 7) is 1.48. The molecule has 2 amide bonds. The average Bonchev–Trinajstić information content (AvgIpc) is 3.41. The van der Waals surface area contributed by atoms with Crippen molar-refractivity contribution in [1.29, 1.82) is 0 Å². The highest BCUT2D eigenvalue weighted by atomic mass is 32.1. The molecule has 4 rings (SSSR count). The highest BCUT2D eigenvalue weighted by Gasteiger charge is 2.35. The van der Waals surface area contributed by atoms with Gasteiger partial charge in [-0.1, -0.05) is 24.3 Å². The van der Waals surface area contributed by atoms with E-state index in [1.807, 2.05) is 58.6 Å². The molecule has 0 unspecified atom stereocenters. The number of carbonyl (C=O) groups excluding carboxylic acids is 2. The van der Waals surface area contributed by atoms with Crippen molar-refractivity contribution in [1.82, 2.24) is 5.01 Å². The molecule has 1 N–H and O–H groups in total. The molecule has 0 saturated carbocycles. The molecule has 1 atom stereocenters. The molecular weight excluding hydrogens is 378 g/mol. The Bertz CT molecular complexity index is 994. The SMILES string of the molecule is CC(=O)Nc1ccccc1C1=NN(C(=O)c2ccsc2)[C@@H](c2cccs2)C1. The van der Waals surface area contributed by atoms with E-state index in [-0.39, 0.29) is 17.9 Å². The van der Waals surface area contributed by atoms with Gasteiger partial charge < -0.3 is 5.32 Å². The quantitative estimate of drug-likeness (QED) is 0.692. The first-order valence-electron chi connectivity index (χ1n) is 8.47. The lowest BCUT2D eigenvalue weighted by Crippen LogP contribution is -2.26. The van der Waals surface area contributed by atoms with Crippen molar-refractivity contribution in [3.63, 3.8) is 0 Å².